The number of rotatable bonds is 8. The zero-order chi connectivity index (χ0) is 17.9. The van der Waals surface area contributed by atoms with E-state index in [0.29, 0.717) is 12.5 Å². The topological polar surface area (TPSA) is 56.1 Å². The van der Waals surface area contributed by atoms with Crippen LogP contribution < -0.4 is 5.32 Å². The van der Waals surface area contributed by atoms with Gasteiger partial charge in [-0.3, -0.25) is 4.79 Å². The van der Waals surface area contributed by atoms with Gasteiger partial charge in [-0.15, -0.1) is 11.8 Å². The van der Waals surface area contributed by atoms with Gasteiger partial charge in [-0.2, -0.15) is 5.26 Å². The third-order valence-corrected chi connectivity index (χ3v) is 4.50. The highest BCUT2D eigenvalue weighted by atomic mass is 32.2. The van der Waals surface area contributed by atoms with Crippen LogP contribution in [0.2, 0.25) is 0 Å². The van der Waals surface area contributed by atoms with Crippen LogP contribution in [0.3, 0.4) is 0 Å². The number of anilines is 1. The molecule has 1 unspecified atom stereocenters. The van der Waals surface area contributed by atoms with Gasteiger partial charge >= 0.3 is 0 Å². The van der Waals surface area contributed by atoms with Gasteiger partial charge in [0.25, 0.3) is 0 Å². The number of thioether (sulfide) groups is 1. The molecule has 1 aromatic carbocycles. The maximum atomic E-state index is 12.4. The molecule has 1 amide bonds. The van der Waals surface area contributed by atoms with Gasteiger partial charge in [-0.25, -0.2) is 0 Å². The third kappa shape index (κ3) is 6.13. The molecular weight excluding hydrogens is 318 g/mol. The Labute approximate surface area is 149 Å². The zero-order valence-electron chi connectivity index (χ0n) is 14.7. The minimum Gasteiger partial charge on any atom is -0.362 e. The number of amides is 1. The lowest BCUT2D eigenvalue weighted by atomic mass is 10.0. The van der Waals surface area contributed by atoms with E-state index in [2.05, 4.69) is 25.2 Å². The van der Waals surface area contributed by atoms with Gasteiger partial charge in [-0.1, -0.05) is 32.0 Å². The van der Waals surface area contributed by atoms with E-state index in [4.69, 9.17) is 5.26 Å². The van der Waals surface area contributed by atoms with Crippen molar-refractivity contribution in [2.24, 2.45) is 0 Å². The van der Waals surface area contributed by atoms with Crippen molar-refractivity contribution >= 4 is 23.4 Å². The van der Waals surface area contributed by atoms with Crippen molar-refractivity contribution in [3.63, 3.8) is 0 Å². The summed E-state index contributed by atoms with van der Waals surface area (Å²) < 4.78 is 0. The first kappa shape index (κ1) is 19.9. The fourth-order valence-corrected chi connectivity index (χ4v) is 2.84. The quantitative estimate of drug-likeness (QED) is 0.713. The van der Waals surface area contributed by atoms with E-state index in [-0.39, 0.29) is 11.2 Å². The van der Waals surface area contributed by atoms with Crippen molar-refractivity contribution in [2.75, 3.05) is 18.9 Å². The molecule has 0 fully saturated rings. The normalized spacial score (nSPS) is 12.5. The van der Waals surface area contributed by atoms with Crippen LogP contribution in [-0.4, -0.2) is 29.6 Å². The first-order valence-corrected chi connectivity index (χ1v) is 8.92. The van der Waals surface area contributed by atoms with Crippen molar-refractivity contribution in [2.45, 2.75) is 31.9 Å². The van der Waals surface area contributed by atoms with Crippen LogP contribution in [0.5, 0.6) is 0 Å². The Hall–Kier alpha value is -2.19. The molecule has 0 aliphatic rings. The number of hydrogen-bond donors (Lipinski definition) is 1. The maximum absolute atomic E-state index is 12.4. The number of nitrogens with zero attached hydrogens (tertiary/aromatic N) is 2. The van der Waals surface area contributed by atoms with Crippen LogP contribution in [0.1, 0.15) is 32.3 Å². The van der Waals surface area contributed by atoms with Gasteiger partial charge in [-0.05, 0) is 42.2 Å². The van der Waals surface area contributed by atoms with E-state index in [0.717, 1.165) is 5.69 Å². The van der Waals surface area contributed by atoms with Crippen molar-refractivity contribution in [1.29, 1.82) is 5.26 Å². The first-order valence-electron chi connectivity index (χ1n) is 7.98. The fraction of sp³-hybridized carbons (Fsp3) is 0.368. The van der Waals surface area contributed by atoms with E-state index >= 15 is 0 Å². The second kappa shape index (κ2) is 10.6. The van der Waals surface area contributed by atoms with Crippen molar-refractivity contribution in [1.82, 2.24) is 4.90 Å². The number of carbonyl (C=O) groups is 1. The zero-order valence-corrected chi connectivity index (χ0v) is 15.5. The largest absolute Gasteiger partial charge is 0.362 e. The molecule has 128 valence electrons. The second-order valence-corrected chi connectivity index (χ2v) is 6.64. The fourth-order valence-electron chi connectivity index (χ4n) is 2.07. The van der Waals surface area contributed by atoms with E-state index in [1.54, 1.807) is 23.6 Å². The summed E-state index contributed by atoms with van der Waals surface area (Å²) in [4.78, 5) is 14.1. The van der Waals surface area contributed by atoms with Crippen LogP contribution in [0, 0.1) is 11.3 Å². The Morgan fingerprint density at radius 1 is 1.42 bits per heavy atom. The van der Waals surface area contributed by atoms with Crippen LogP contribution in [0.4, 0.5) is 5.69 Å². The van der Waals surface area contributed by atoms with E-state index in [1.807, 2.05) is 37.3 Å². The van der Waals surface area contributed by atoms with Crippen LogP contribution >= 0.6 is 11.8 Å². The molecule has 0 heterocycles. The van der Waals surface area contributed by atoms with Crippen molar-refractivity contribution < 1.29 is 4.79 Å². The molecule has 1 rings (SSSR count). The average Bonchev–Trinajstić information content (AvgIpc) is 2.59. The van der Waals surface area contributed by atoms with Gasteiger partial charge in [0.2, 0.25) is 5.91 Å². The lowest BCUT2D eigenvalue weighted by Gasteiger charge is -2.19. The Morgan fingerprint density at radius 2 is 2.12 bits per heavy atom. The van der Waals surface area contributed by atoms with Gasteiger partial charge in [0.05, 0.1) is 6.07 Å². The summed E-state index contributed by atoms with van der Waals surface area (Å²) in [6.45, 7) is 6.88. The highest BCUT2D eigenvalue weighted by Crippen LogP contribution is 2.24. The number of nitriles is 1. The molecule has 5 heteroatoms. The van der Waals surface area contributed by atoms with E-state index in [9.17, 15) is 4.79 Å². The molecule has 0 saturated carbocycles. The third-order valence-electron chi connectivity index (χ3n) is 3.55. The minimum absolute atomic E-state index is 0.0142. The Bertz CT molecular complexity index is 632. The number of benzene rings is 1. The van der Waals surface area contributed by atoms with Gasteiger partial charge < -0.3 is 10.2 Å². The summed E-state index contributed by atoms with van der Waals surface area (Å²) in [5.74, 6) is 0.430. The molecule has 0 radical (unpaired) electrons. The monoisotopic (exact) mass is 343 g/mol. The Balaban J connectivity index is 2.86. The Morgan fingerprint density at radius 3 is 2.75 bits per heavy atom. The van der Waals surface area contributed by atoms with Crippen molar-refractivity contribution in [3.05, 3.63) is 53.6 Å². The highest BCUT2D eigenvalue weighted by molar-refractivity contribution is 8.03. The molecular formula is C19H25N3OS. The smallest absolute Gasteiger partial charge is 0.239 e. The number of allylic oxidation sites excluding steroid dienone is 1. The predicted octanol–water partition coefficient (Wildman–Crippen LogP) is 4.35. The minimum atomic E-state index is -0.363. The maximum Gasteiger partial charge on any atom is 0.239 e. The van der Waals surface area contributed by atoms with Crippen LogP contribution in [0.15, 0.2) is 48.0 Å². The second-order valence-electron chi connectivity index (χ2n) is 5.59. The number of para-hydroxylation sites is 1. The summed E-state index contributed by atoms with van der Waals surface area (Å²) >= 11 is 1.32. The molecule has 0 spiro atoms. The molecule has 0 saturated heterocycles. The van der Waals surface area contributed by atoms with Gasteiger partial charge in [0.15, 0.2) is 0 Å². The number of carbonyl (C=O) groups excluding carboxylic acids is 1. The van der Waals surface area contributed by atoms with Crippen LogP contribution in [-0.2, 0) is 4.79 Å². The molecule has 1 aromatic rings. The predicted molar refractivity (Wildman–Crippen MR) is 103 cm³/mol. The van der Waals surface area contributed by atoms with Crippen LogP contribution in [0.25, 0.3) is 0 Å². The summed E-state index contributed by atoms with van der Waals surface area (Å²) in [6, 6.07) is 10.1. The molecule has 24 heavy (non-hydrogen) atoms. The van der Waals surface area contributed by atoms with Gasteiger partial charge in [0.1, 0.15) is 5.25 Å². The standard InChI is InChI=1S/C19H25N3OS/c1-5-22(4)19(23)18(24-14-8-12-20)11-13-21-17-10-7-6-9-16(17)15(2)3/h6-11,13-15,18,21H,5H2,1-4H3/b13-11?,14-8+. The molecule has 0 bridgehead atoms. The first-order chi connectivity index (χ1) is 11.5. The summed E-state index contributed by atoms with van der Waals surface area (Å²) in [7, 11) is 1.78. The summed E-state index contributed by atoms with van der Waals surface area (Å²) in [6.07, 6.45) is 5.02. The number of hydrogen-bond acceptors (Lipinski definition) is 4. The molecule has 0 aromatic heterocycles. The SMILES string of the molecule is CCN(C)C(=O)C(C=CNc1ccccc1C(C)C)S/C=C/C#N. The molecule has 1 N–H and O–H groups in total. The molecule has 4 nitrogen and oxygen atoms in total. The van der Waals surface area contributed by atoms with Crippen molar-refractivity contribution in [3.8, 4) is 6.07 Å². The highest BCUT2D eigenvalue weighted by Gasteiger charge is 2.18. The van der Waals surface area contributed by atoms with Gasteiger partial charge in [0, 0.05) is 25.4 Å². The lowest BCUT2D eigenvalue weighted by Crippen LogP contribution is -2.33. The molecule has 1 atom stereocenters. The summed E-state index contributed by atoms with van der Waals surface area (Å²) in [5.41, 5.74) is 2.27. The van der Waals surface area contributed by atoms with E-state index < -0.39 is 0 Å². The lowest BCUT2D eigenvalue weighted by molar-refractivity contribution is -0.128. The number of nitrogens with one attached hydrogen (secondary N) is 1. The summed E-state index contributed by atoms with van der Waals surface area (Å²) in [5, 5.41) is 13.2. The molecule has 0 aliphatic heterocycles. The molecule has 0 aliphatic carbocycles. The van der Waals surface area contributed by atoms with E-state index in [1.165, 1.54) is 23.4 Å². The average molecular weight is 343 g/mol. The Kier molecular flexibility index (Phi) is 8.74.